The Balaban J connectivity index is 1.49. The first-order chi connectivity index (χ1) is 15.1. The minimum Gasteiger partial charge on any atom is -0.349 e. The van der Waals surface area contributed by atoms with Crippen LogP contribution in [-0.2, 0) is 11.2 Å². The lowest BCUT2D eigenvalue weighted by molar-refractivity contribution is -0.127. The number of nitrogens with one attached hydrogen (secondary N) is 1. The first-order valence-electron chi connectivity index (χ1n) is 11.5. The largest absolute Gasteiger partial charge is 0.349 e. The van der Waals surface area contributed by atoms with E-state index in [0.29, 0.717) is 25.9 Å². The van der Waals surface area contributed by atoms with Gasteiger partial charge in [0.05, 0.1) is 23.6 Å². The van der Waals surface area contributed by atoms with E-state index in [2.05, 4.69) is 50.4 Å². The number of carbonyl (C=O) groups is 2. The molecule has 0 spiro atoms. The normalized spacial score (nSPS) is 20.5. The Labute approximate surface area is 190 Å². The third-order valence-corrected chi connectivity index (χ3v) is 6.79. The number of fused-ring (bicyclic) bond motifs is 1. The van der Waals surface area contributed by atoms with Crippen LogP contribution in [0, 0.1) is 18.3 Å². The van der Waals surface area contributed by atoms with Gasteiger partial charge in [0.25, 0.3) is 0 Å². The Morgan fingerprint density at radius 1 is 1.12 bits per heavy atom. The number of urea groups is 1. The Morgan fingerprint density at radius 3 is 2.41 bits per heavy atom. The summed E-state index contributed by atoms with van der Waals surface area (Å²) in [6.07, 6.45) is 5.15. The lowest BCUT2D eigenvalue weighted by Gasteiger charge is -2.37. The lowest BCUT2D eigenvalue weighted by atomic mass is 9.74. The Hall–Kier alpha value is -2.83. The summed E-state index contributed by atoms with van der Waals surface area (Å²) in [6.45, 7) is 7.85. The molecule has 1 atom stereocenters. The third kappa shape index (κ3) is 4.52. The van der Waals surface area contributed by atoms with E-state index in [4.69, 9.17) is 5.10 Å². The number of hydrogen-bond acceptors (Lipinski definition) is 3. The quantitative estimate of drug-likeness (QED) is 0.796. The maximum atomic E-state index is 13.2. The topological polar surface area (TPSA) is 70.5 Å². The molecule has 2 heterocycles. The highest BCUT2D eigenvalue weighted by Crippen LogP contribution is 2.41. The van der Waals surface area contributed by atoms with Gasteiger partial charge >= 0.3 is 6.03 Å². The fourth-order valence-electron chi connectivity index (χ4n) is 4.99. The Bertz CT molecular complexity index is 984. The molecule has 2 aromatic rings. The van der Waals surface area contributed by atoms with Crippen molar-refractivity contribution in [3.8, 4) is 5.69 Å². The van der Waals surface area contributed by atoms with Crippen LogP contribution in [0.5, 0.6) is 0 Å². The summed E-state index contributed by atoms with van der Waals surface area (Å²) in [5.41, 5.74) is 4.64. The average Bonchev–Trinajstić information content (AvgIpc) is 3.16. The van der Waals surface area contributed by atoms with E-state index in [1.54, 1.807) is 19.0 Å². The summed E-state index contributed by atoms with van der Waals surface area (Å²) < 4.78 is 2.03. The molecular formula is C25H35N5O2. The number of likely N-dealkylation sites (tertiary alicyclic amines) is 1. The van der Waals surface area contributed by atoms with E-state index in [1.165, 1.54) is 11.3 Å². The number of carbonyl (C=O) groups excluding carboxylic acids is 2. The van der Waals surface area contributed by atoms with Crippen molar-refractivity contribution in [2.24, 2.45) is 11.3 Å². The van der Waals surface area contributed by atoms with Gasteiger partial charge in [-0.05, 0) is 50.2 Å². The molecule has 1 fully saturated rings. The molecule has 1 aromatic carbocycles. The predicted molar refractivity (Wildman–Crippen MR) is 125 cm³/mol. The van der Waals surface area contributed by atoms with Gasteiger partial charge in [-0.25, -0.2) is 9.48 Å². The molecule has 3 amide bonds. The zero-order chi connectivity index (χ0) is 23.0. The van der Waals surface area contributed by atoms with Gasteiger partial charge in [-0.15, -0.1) is 0 Å². The fourth-order valence-corrected chi connectivity index (χ4v) is 4.99. The molecule has 0 saturated carbocycles. The molecule has 7 heteroatoms. The average molecular weight is 438 g/mol. The molecular weight excluding hydrogens is 402 g/mol. The van der Waals surface area contributed by atoms with Crippen molar-refractivity contribution in [3.63, 3.8) is 0 Å². The number of amides is 3. The van der Waals surface area contributed by atoms with Crippen molar-refractivity contribution >= 4 is 11.9 Å². The molecule has 1 aliphatic heterocycles. The molecule has 1 aromatic heterocycles. The highest BCUT2D eigenvalue weighted by Gasteiger charge is 2.37. The summed E-state index contributed by atoms with van der Waals surface area (Å²) >= 11 is 0. The van der Waals surface area contributed by atoms with E-state index in [-0.39, 0.29) is 29.3 Å². The molecule has 32 heavy (non-hydrogen) atoms. The van der Waals surface area contributed by atoms with Crippen molar-refractivity contribution in [2.45, 2.75) is 52.5 Å². The summed E-state index contributed by atoms with van der Waals surface area (Å²) in [4.78, 5) is 28.8. The molecule has 0 bridgehead atoms. The van der Waals surface area contributed by atoms with Gasteiger partial charge in [-0.2, -0.15) is 5.10 Å². The summed E-state index contributed by atoms with van der Waals surface area (Å²) in [5, 5.41) is 8.03. The van der Waals surface area contributed by atoms with Crippen LogP contribution < -0.4 is 5.32 Å². The number of nitrogens with zero attached hydrogens (tertiary/aromatic N) is 4. The minimum absolute atomic E-state index is 0.0195. The second kappa shape index (κ2) is 8.60. The second-order valence-electron chi connectivity index (χ2n) is 10.3. The zero-order valence-corrected chi connectivity index (χ0v) is 19.9. The number of benzene rings is 1. The number of hydrogen-bond donors (Lipinski definition) is 1. The molecule has 1 aliphatic carbocycles. The SMILES string of the molecule is Cc1ccc(-n2ncc3c2CC(C)(C)C[C@H]3NC(=O)C2CCN(C(=O)N(C)C)CC2)cc1. The van der Waals surface area contributed by atoms with E-state index in [1.807, 2.05) is 15.8 Å². The van der Waals surface area contributed by atoms with Gasteiger partial charge in [0.15, 0.2) is 0 Å². The van der Waals surface area contributed by atoms with Gasteiger partial charge in [-0.3, -0.25) is 4.79 Å². The maximum Gasteiger partial charge on any atom is 0.319 e. The van der Waals surface area contributed by atoms with Gasteiger partial charge in [0, 0.05) is 38.7 Å². The minimum atomic E-state index is -0.0538. The second-order valence-corrected chi connectivity index (χ2v) is 10.3. The van der Waals surface area contributed by atoms with Crippen molar-refractivity contribution in [1.82, 2.24) is 24.9 Å². The molecule has 4 rings (SSSR count). The van der Waals surface area contributed by atoms with Gasteiger partial charge < -0.3 is 15.1 Å². The van der Waals surface area contributed by atoms with E-state index in [0.717, 1.165) is 24.1 Å². The van der Waals surface area contributed by atoms with Gasteiger partial charge in [0.2, 0.25) is 5.91 Å². The van der Waals surface area contributed by atoms with Crippen LogP contribution in [0.2, 0.25) is 0 Å². The molecule has 0 radical (unpaired) electrons. The van der Waals surface area contributed by atoms with Gasteiger partial charge in [-0.1, -0.05) is 31.5 Å². The van der Waals surface area contributed by atoms with Crippen LogP contribution in [0.25, 0.3) is 5.69 Å². The fraction of sp³-hybridized carbons (Fsp3) is 0.560. The van der Waals surface area contributed by atoms with Crippen LogP contribution in [0.15, 0.2) is 30.5 Å². The monoisotopic (exact) mass is 437 g/mol. The lowest BCUT2D eigenvalue weighted by Crippen LogP contribution is -2.47. The van der Waals surface area contributed by atoms with E-state index >= 15 is 0 Å². The number of aromatic nitrogens is 2. The van der Waals surface area contributed by atoms with Crippen LogP contribution in [0.4, 0.5) is 4.79 Å². The summed E-state index contributed by atoms with van der Waals surface area (Å²) in [6, 6.07) is 8.38. The summed E-state index contributed by atoms with van der Waals surface area (Å²) in [5.74, 6) is 0.0422. The van der Waals surface area contributed by atoms with E-state index in [9.17, 15) is 9.59 Å². The molecule has 1 saturated heterocycles. The number of piperidine rings is 1. The Kier molecular flexibility index (Phi) is 6.01. The highest BCUT2D eigenvalue weighted by atomic mass is 16.2. The zero-order valence-electron chi connectivity index (χ0n) is 19.9. The molecule has 0 unspecified atom stereocenters. The standard InChI is InChI=1S/C25H35N5O2/c1-17-6-8-19(9-7-17)30-22-15-25(2,3)14-21(20(22)16-26-30)27-23(31)18-10-12-29(13-11-18)24(32)28(4)5/h6-9,16,18,21H,10-15H2,1-5H3,(H,27,31)/t21-/m1/s1. The molecule has 172 valence electrons. The first kappa shape index (κ1) is 22.4. The van der Waals surface area contributed by atoms with Crippen LogP contribution in [0.1, 0.15) is 56.0 Å². The smallest absolute Gasteiger partial charge is 0.319 e. The van der Waals surface area contributed by atoms with E-state index < -0.39 is 0 Å². The van der Waals surface area contributed by atoms with Crippen molar-refractivity contribution in [3.05, 3.63) is 47.3 Å². The maximum absolute atomic E-state index is 13.2. The van der Waals surface area contributed by atoms with Crippen molar-refractivity contribution < 1.29 is 9.59 Å². The summed E-state index contributed by atoms with van der Waals surface area (Å²) in [7, 11) is 3.53. The van der Waals surface area contributed by atoms with Crippen LogP contribution in [-0.4, -0.2) is 58.7 Å². The van der Waals surface area contributed by atoms with Crippen LogP contribution in [0.3, 0.4) is 0 Å². The highest BCUT2D eigenvalue weighted by molar-refractivity contribution is 5.80. The Morgan fingerprint density at radius 2 is 1.78 bits per heavy atom. The molecule has 7 nitrogen and oxygen atoms in total. The molecule has 1 N–H and O–H groups in total. The number of rotatable bonds is 3. The van der Waals surface area contributed by atoms with Crippen molar-refractivity contribution in [1.29, 1.82) is 0 Å². The predicted octanol–water partition coefficient (Wildman–Crippen LogP) is 3.70. The van der Waals surface area contributed by atoms with Crippen LogP contribution >= 0.6 is 0 Å². The van der Waals surface area contributed by atoms with Gasteiger partial charge in [0.1, 0.15) is 0 Å². The first-order valence-corrected chi connectivity index (χ1v) is 11.5. The molecule has 2 aliphatic rings. The third-order valence-electron chi connectivity index (χ3n) is 6.79. The van der Waals surface area contributed by atoms with Crippen molar-refractivity contribution in [2.75, 3.05) is 27.2 Å². The number of aryl methyl sites for hydroxylation is 1.